The Kier molecular flexibility index (Phi) is 5.13. The Morgan fingerprint density at radius 3 is 2.56 bits per heavy atom. The maximum Gasteiger partial charge on any atom is 0.239 e. The van der Waals surface area contributed by atoms with Gasteiger partial charge in [-0.05, 0) is 76.9 Å². The van der Waals surface area contributed by atoms with Crippen LogP contribution in [0.4, 0.5) is 5.69 Å². The molecule has 1 aliphatic carbocycles. The van der Waals surface area contributed by atoms with Crippen LogP contribution in [0.3, 0.4) is 0 Å². The summed E-state index contributed by atoms with van der Waals surface area (Å²) in [4.78, 5) is 29.3. The number of nitrogens with one attached hydrogen (secondary N) is 1. The molecule has 0 unspecified atom stereocenters. The Balaban J connectivity index is 1.61. The minimum absolute atomic E-state index is 0.0668. The molecule has 0 radical (unpaired) electrons. The predicted molar refractivity (Wildman–Crippen MR) is 99.6 cm³/mol. The predicted octanol–water partition coefficient (Wildman–Crippen LogP) is 2.26. The SMILES string of the molecule is Cc1ccc(N2CC[C@H](C(=O)N[C@H]3CC[C@H](N(C)C)C3)C2=O)cc1C. The zero-order valence-corrected chi connectivity index (χ0v) is 15.7. The standard InChI is InChI=1S/C20H29N3O2/c1-13-5-7-17(11-14(13)2)23-10-9-18(20(23)25)19(24)21-15-6-8-16(12-15)22(3)4/h5,7,11,15-16,18H,6,8-10,12H2,1-4H3,(H,21,24)/t15-,16-,18+/m0/s1. The van der Waals surface area contributed by atoms with Crippen molar-refractivity contribution in [2.24, 2.45) is 5.92 Å². The van der Waals surface area contributed by atoms with Crippen LogP contribution >= 0.6 is 0 Å². The van der Waals surface area contributed by atoms with Crippen LogP contribution in [0.25, 0.3) is 0 Å². The average molecular weight is 343 g/mol. The summed E-state index contributed by atoms with van der Waals surface area (Å²) in [5.41, 5.74) is 3.28. The van der Waals surface area contributed by atoms with Gasteiger partial charge in [-0.2, -0.15) is 0 Å². The number of carbonyl (C=O) groups excluding carboxylic acids is 2. The van der Waals surface area contributed by atoms with E-state index in [-0.39, 0.29) is 17.9 Å². The van der Waals surface area contributed by atoms with Crippen molar-refractivity contribution in [1.29, 1.82) is 0 Å². The number of benzene rings is 1. The van der Waals surface area contributed by atoms with Gasteiger partial charge in [-0.3, -0.25) is 9.59 Å². The summed E-state index contributed by atoms with van der Waals surface area (Å²) in [6.45, 7) is 4.72. The van der Waals surface area contributed by atoms with Gasteiger partial charge < -0.3 is 15.1 Å². The zero-order chi connectivity index (χ0) is 18.1. The summed E-state index contributed by atoms with van der Waals surface area (Å²) in [7, 11) is 4.16. The number of anilines is 1. The van der Waals surface area contributed by atoms with Gasteiger partial charge in [-0.15, -0.1) is 0 Å². The van der Waals surface area contributed by atoms with Crippen molar-refractivity contribution < 1.29 is 9.59 Å². The van der Waals surface area contributed by atoms with Crippen molar-refractivity contribution >= 4 is 17.5 Å². The molecule has 0 spiro atoms. The molecule has 3 rings (SSSR count). The lowest BCUT2D eigenvalue weighted by Gasteiger charge is -2.20. The molecule has 1 aliphatic heterocycles. The van der Waals surface area contributed by atoms with Crippen molar-refractivity contribution in [3.8, 4) is 0 Å². The van der Waals surface area contributed by atoms with E-state index >= 15 is 0 Å². The second-order valence-corrected chi connectivity index (χ2v) is 7.74. The summed E-state index contributed by atoms with van der Waals surface area (Å²) in [6, 6.07) is 6.76. The van der Waals surface area contributed by atoms with Crippen molar-refractivity contribution in [2.75, 3.05) is 25.5 Å². The third-order valence-electron chi connectivity index (χ3n) is 5.81. The normalized spacial score (nSPS) is 26.5. The van der Waals surface area contributed by atoms with Gasteiger partial charge in [0.15, 0.2) is 0 Å². The third kappa shape index (κ3) is 3.71. The van der Waals surface area contributed by atoms with Gasteiger partial charge in [0.2, 0.25) is 11.8 Å². The van der Waals surface area contributed by atoms with Gasteiger partial charge in [0.25, 0.3) is 0 Å². The number of nitrogens with zero attached hydrogens (tertiary/aromatic N) is 2. The number of carbonyl (C=O) groups is 2. The van der Waals surface area contributed by atoms with Crippen molar-refractivity contribution in [1.82, 2.24) is 10.2 Å². The molecule has 136 valence electrons. The average Bonchev–Trinajstić information content (AvgIpc) is 3.17. The van der Waals surface area contributed by atoms with Crippen molar-refractivity contribution in [2.45, 2.75) is 51.6 Å². The van der Waals surface area contributed by atoms with Crippen LogP contribution < -0.4 is 10.2 Å². The molecule has 5 heteroatoms. The lowest BCUT2D eigenvalue weighted by Crippen LogP contribution is -2.41. The van der Waals surface area contributed by atoms with E-state index in [0.717, 1.165) is 24.9 Å². The highest BCUT2D eigenvalue weighted by atomic mass is 16.2. The first-order valence-corrected chi connectivity index (χ1v) is 9.22. The Morgan fingerprint density at radius 1 is 1.16 bits per heavy atom. The second kappa shape index (κ2) is 7.16. The fourth-order valence-corrected chi connectivity index (χ4v) is 3.93. The Labute approximate surface area is 150 Å². The molecule has 25 heavy (non-hydrogen) atoms. The van der Waals surface area contributed by atoms with Crippen molar-refractivity contribution in [3.05, 3.63) is 29.3 Å². The number of aryl methyl sites for hydroxylation is 2. The minimum Gasteiger partial charge on any atom is -0.353 e. The smallest absolute Gasteiger partial charge is 0.239 e. The largest absolute Gasteiger partial charge is 0.353 e. The highest BCUT2D eigenvalue weighted by Crippen LogP contribution is 2.28. The topological polar surface area (TPSA) is 52.7 Å². The molecule has 1 saturated carbocycles. The van der Waals surface area contributed by atoms with Gasteiger partial charge in [-0.25, -0.2) is 0 Å². The lowest BCUT2D eigenvalue weighted by molar-refractivity contribution is -0.132. The number of rotatable bonds is 4. The van der Waals surface area contributed by atoms with E-state index in [1.165, 1.54) is 11.1 Å². The van der Waals surface area contributed by atoms with Crippen LogP contribution in [0.15, 0.2) is 18.2 Å². The van der Waals surface area contributed by atoms with Gasteiger partial charge in [-0.1, -0.05) is 6.07 Å². The molecule has 1 aromatic carbocycles. The monoisotopic (exact) mass is 343 g/mol. The number of hydrogen-bond acceptors (Lipinski definition) is 3. The van der Waals surface area contributed by atoms with E-state index in [0.29, 0.717) is 19.0 Å². The Hall–Kier alpha value is -1.88. The van der Waals surface area contributed by atoms with Crippen LogP contribution in [-0.4, -0.2) is 49.4 Å². The summed E-state index contributed by atoms with van der Waals surface area (Å²) >= 11 is 0. The molecule has 1 saturated heterocycles. The number of amides is 2. The molecular formula is C20H29N3O2. The van der Waals surface area contributed by atoms with Crippen molar-refractivity contribution in [3.63, 3.8) is 0 Å². The van der Waals surface area contributed by atoms with Gasteiger partial charge in [0.1, 0.15) is 5.92 Å². The van der Waals surface area contributed by atoms with Crippen LogP contribution in [0.2, 0.25) is 0 Å². The molecule has 2 fully saturated rings. The first kappa shape index (κ1) is 17.9. The fourth-order valence-electron chi connectivity index (χ4n) is 3.93. The molecule has 0 aromatic heterocycles. The molecule has 1 N–H and O–H groups in total. The van der Waals surface area contributed by atoms with Gasteiger partial charge in [0, 0.05) is 24.3 Å². The third-order valence-corrected chi connectivity index (χ3v) is 5.81. The molecule has 2 aliphatic rings. The lowest BCUT2D eigenvalue weighted by atomic mass is 10.1. The molecule has 0 bridgehead atoms. The van der Waals surface area contributed by atoms with Crippen LogP contribution in [0, 0.1) is 19.8 Å². The van der Waals surface area contributed by atoms with E-state index in [1.807, 2.05) is 25.1 Å². The van der Waals surface area contributed by atoms with Gasteiger partial charge >= 0.3 is 0 Å². The van der Waals surface area contributed by atoms with Crippen LogP contribution in [0.1, 0.15) is 36.8 Å². The van der Waals surface area contributed by atoms with E-state index in [9.17, 15) is 9.59 Å². The maximum atomic E-state index is 12.7. The quantitative estimate of drug-likeness (QED) is 0.853. The summed E-state index contributed by atoms with van der Waals surface area (Å²) < 4.78 is 0. The molecule has 1 aromatic rings. The van der Waals surface area contributed by atoms with E-state index in [1.54, 1.807) is 4.90 Å². The van der Waals surface area contributed by atoms with Crippen LogP contribution in [-0.2, 0) is 9.59 Å². The summed E-state index contributed by atoms with van der Waals surface area (Å²) in [5, 5.41) is 3.12. The molecule has 5 nitrogen and oxygen atoms in total. The summed E-state index contributed by atoms with van der Waals surface area (Å²) in [5.74, 6) is -0.705. The minimum atomic E-state index is -0.542. The highest BCUT2D eigenvalue weighted by molar-refractivity contribution is 6.09. The molecule has 2 amide bonds. The molecule has 1 heterocycles. The Morgan fingerprint density at radius 2 is 1.92 bits per heavy atom. The van der Waals surface area contributed by atoms with E-state index < -0.39 is 5.92 Å². The Bertz CT molecular complexity index is 671. The van der Waals surface area contributed by atoms with E-state index in [4.69, 9.17) is 0 Å². The van der Waals surface area contributed by atoms with Crippen LogP contribution in [0.5, 0.6) is 0 Å². The highest BCUT2D eigenvalue weighted by Gasteiger charge is 2.39. The molecular weight excluding hydrogens is 314 g/mol. The summed E-state index contributed by atoms with van der Waals surface area (Å²) in [6.07, 6.45) is 3.67. The fraction of sp³-hybridized carbons (Fsp3) is 0.600. The first-order valence-electron chi connectivity index (χ1n) is 9.22. The zero-order valence-electron chi connectivity index (χ0n) is 15.7. The number of hydrogen-bond donors (Lipinski definition) is 1. The van der Waals surface area contributed by atoms with Gasteiger partial charge in [0.05, 0.1) is 0 Å². The molecule has 3 atom stereocenters. The second-order valence-electron chi connectivity index (χ2n) is 7.74. The maximum absolute atomic E-state index is 12.7. The first-order chi connectivity index (χ1) is 11.9. The van der Waals surface area contributed by atoms with E-state index in [2.05, 4.69) is 31.2 Å².